The summed E-state index contributed by atoms with van der Waals surface area (Å²) in [5.74, 6) is 0.878. The maximum Gasteiger partial charge on any atom is 0.251 e. The largest absolute Gasteiger partial charge is 0.493 e. The molecule has 1 saturated heterocycles. The molecule has 0 unspecified atom stereocenters. The third-order valence-corrected chi connectivity index (χ3v) is 5.28. The zero-order chi connectivity index (χ0) is 17.8. The molecule has 136 valence electrons. The van der Waals surface area contributed by atoms with Gasteiger partial charge in [-0.3, -0.25) is 9.69 Å². The Hall–Kier alpha value is -2.33. The van der Waals surface area contributed by atoms with E-state index in [1.54, 1.807) is 0 Å². The van der Waals surface area contributed by atoms with Crippen LogP contribution in [0.2, 0.25) is 0 Å². The van der Waals surface area contributed by atoms with Crippen molar-refractivity contribution in [2.75, 3.05) is 19.7 Å². The van der Waals surface area contributed by atoms with Gasteiger partial charge in [0.2, 0.25) is 0 Å². The molecule has 2 aromatic rings. The lowest BCUT2D eigenvalue weighted by Crippen LogP contribution is -2.29. The molecule has 4 nitrogen and oxygen atoms in total. The number of hydrogen-bond donors (Lipinski definition) is 1. The SMILES string of the molecule is O=C(NCc1ccc(CN2CCCCC2)cc1)c1ccc2c(c1)CCO2. The van der Waals surface area contributed by atoms with Crippen LogP contribution < -0.4 is 10.1 Å². The zero-order valence-electron chi connectivity index (χ0n) is 15.2. The lowest BCUT2D eigenvalue weighted by atomic mass is 10.1. The van der Waals surface area contributed by atoms with Crippen LogP contribution in [0.1, 0.15) is 46.3 Å². The van der Waals surface area contributed by atoms with Gasteiger partial charge in [0.25, 0.3) is 5.91 Å². The predicted octanol–water partition coefficient (Wildman–Crippen LogP) is 3.54. The first-order valence-electron chi connectivity index (χ1n) is 9.62. The van der Waals surface area contributed by atoms with Crippen molar-refractivity contribution in [3.63, 3.8) is 0 Å². The standard InChI is InChI=1S/C22H26N2O2/c25-22(20-8-9-21-19(14-20)10-13-26-21)23-15-17-4-6-18(7-5-17)16-24-11-2-1-3-12-24/h4-9,14H,1-3,10-13,15-16H2,(H,23,25). The van der Waals surface area contributed by atoms with E-state index >= 15 is 0 Å². The molecule has 0 bridgehead atoms. The van der Waals surface area contributed by atoms with Crippen LogP contribution in [0.15, 0.2) is 42.5 Å². The van der Waals surface area contributed by atoms with Crippen molar-refractivity contribution in [2.45, 2.75) is 38.8 Å². The van der Waals surface area contributed by atoms with Gasteiger partial charge in [-0.15, -0.1) is 0 Å². The normalized spacial score (nSPS) is 16.8. The van der Waals surface area contributed by atoms with E-state index in [2.05, 4.69) is 34.5 Å². The zero-order valence-corrected chi connectivity index (χ0v) is 15.2. The second-order valence-corrected chi connectivity index (χ2v) is 7.26. The molecule has 1 fully saturated rings. The monoisotopic (exact) mass is 350 g/mol. The van der Waals surface area contributed by atoms with Crippen molar-refractivity contribution in [3.05, 3.63) is 64.7 Å². The van der Waals surface area contributed by atoms with Gasteiger partial charge in [0.1, 0.15) is 5.75 Å². The lowest BCUT2D eigenvalue weighted by Gasteiger charge is -2.26. The summed E-state index contributed by atoms with van der Waals surface area (Å²) in [4.78, 5) is 14.9. The van der Waals surface area contributed by atoms with Crippen LogP contribution in [-0.4, -0.2) is 30.5 Å². The second kappa shape index (κ2) is 7.92. The molecule has 2 aliphatic rings. The summed E-state index contributed by atoms with van der Waals surface area (Å²) in [6.45, 7) is 4.72. The van der Waals surface area contributed by atoms with Gasteiger partial charge >= 0.3 is 0 Å². The number of likely N-dealkylation sites (tertiary alicyclic amines) is 1. The average molecular weight is 350 g/mol. The number of nitrogens with one attached hydrogen (secondary N) is 1. The minimum Gasteiger partial charge on any atom is -0.493 e. The molecule has 2 aliphatic heterocycles. The average Bonchev–Trinajstić information content (AvgIpc) is 3.16. The predicted molar refractivity (Wildman–Crippen MR) is 102 cm³/mol. The van der Waals surface area contributed by atoms with Crippen molar-refractivity contribution < 1.29 is 9.53 Å². The Balaban J connectivity index is 1.30. The van der Waals surface area contributed by atoms with E-state index < -0.39 is 0 Å². The minimum absolute atomic E-state index is 0.0305. The van der Waals surface area contributed by atoms with Crippen LogP contribution in [0.4, 0.5) is 0 Å². The van der Waals surface area contributed by atoms with E-state index in [0.29, 0.717) is 18.7 Å². The molecular formula is C22H26N2O2. The van der Waals surface area contributed by atoms with Crippen LogP contribution in [0.25, 0.3) is 0 Å². The fourth-order valence-electron chi connectivity index (χ4n) is 3.75. The number of nitrogens with zero attached hydrogens (tertiary/aromatic N) is 1. The molecule has 0 atom stereocenters. The molecule has 1 N–H and O–H groups in total. The van der Waals surface area contributed by atoms with Gasteiger partial charge in [-0.25, -0.2) is 0 Å². The number of amides is 1. The molecule has 0 aromatic heterocycles. The van der Waals surface area contributed by atoms with Crippen molar-refractivity contribution in [3.8, 4) is 5.75 Å². The third kappa shape index (κ3) is 4.07. The molecule has 1 amide bonds. The number of benzene rings is 2. The first kappa shape index (κ1) is 17.1. The summed E-state index contributed by atoms with van der Waals surface area (Å²) in [6, 6.07) is 14.3. The van der Waals surface area contributed by atoms with E-state index in [1.807, 2.05) is 18.2 Å². The van der Waals surface area contributed by atoms with Crippen molar-refractivity contribution >= 4 is 5.91 Å². The van der Waals surface area contributed by atoms with Crippen molar-refractivity contribution in [1.29, 1.82) is 0 Å². The number of fused-ring (bicyclic) bond motifs is 1. The maximum absolute atomic E-state index is 12.4. The Labute approximate surface area is 155 Å². The molecule has 0 spiro atoms. The van der Waals surface area contributed by atoms with E-state index in [-0.39, 0.29) is 5.91 Å². The molecule has 2 aromatic carbocycles. The van der Waals surface area contributed by atoms with E-state index in [4.69, 9.17) is 4.74 Å². The van der Waals surface area contributed by atoms with E-state index in [9.17, 15) is 4.79 Å². The van der Waals surface area contributed by atoms with Crippen LogP contribution >= 0.6 is 0 Å². The van der Waals surface area contributed by atoms with Gasteiger partial charge in [0.15, 0.2) is 0 Å². The number of piperidine rings is 1. The molecule has 26 heavy (non-hydrogen) atoms. The van der Waals surface area contributed by atoms with E-state index in [1.165, 1.54) is 37.9 Å². The highest BCUT2D eigenvalue weighted by atomic mass is 16.5. The Kier molecular flexibility index (Phi) is 5.21. The maximum atomic E-state index is 12.4. The van der Waals surface area contributed by atoms with Crippen molar-refractivity contribution in [2.24, 2.45) is 0 Å². The number of carbonyl (C=O) groups excluding carboxylic acids is 1. The van der Waals surface area contributed by atoms with Gasteiger partial charge in [-0.2, -0.15) is 0 Å². The summed E-state index contributed by atoms with van der Waals surface area (Å²) in [5, 5.41) is 3.02. The fourth-order valence-corrected chi connectivity index (χ4v) is 3.75. The molecule has 4 heteroatoms. The summed E-state index contributed by atoms with van der Waals surface area (Å²) in [5.41, 5.74) is 4.31. The summed E-state index contributed by atoms with van der Waals surface area (Å²) in [7, 11) is 0. The van der Waals surface area contributed by atoms with Crippen LogP contribution in [-0.2, 0) is 19.5 Å². The Morgan fingerprint density at radius 3 is 2.58 bits per heavy atom. The Bertz CT molecular complexity index is 764. The number of carbonyl (C=O) groups is 1. The quantitative estimate of drug-likeness (QED) is 0.897. The minimum atomic E-state index is -0.0305. The Morgan fingerprint density at radius 1 is 1.00 bits per heavy atom. The van der Waals surface area contributed by atoms with Gasteiger partial charge in [-0.05, 0) is 60.8 Å². The second-order valence-electron chi connectivity index (χ2n) is 7.26. The molecule has 4 rings (SSSR count). The number of hydrogen-bond acceptors (Lipinski definition) is 3. The van der Waals surface area contributed by atoms with Gasteiger partial charge in [0.05, 0.1) is 6.61 Å². The fraction of sp³-hybridized carbons (Fsp3) is 0.409. The number of rotatable bonds is 5. The molecule has 0 saturated carbocycles. The van der Waals surface area contributed by atoms with Gasteiger partial charge in [-0.1, -0.05) is 30.7 Å². The summed E-state index contributed by atoms with van der Waals surface area (Å²) in [6.07, 6.45) is 4.89. The topological polar surface area (TPSA) is 41.6 Å². The van der Waals surface area contributed by atoms with E-state index in [0.717, 1.165) is 29.8 Å². The lowest BCUT2D eigenvalue weighted by molar-refractivity contribution is 0.0951. The molecule has 0 radical (unpaired) electrons. The molecule has 0 aliphatic carbocycles. The highest BCUT2D eigenvalue weighted by Gasteiger charge is 2.15. The first-order valence-corrected chi connectivity index (χ1v) is 9.62. The smallest absolute Gasteiger partial charge is 0.251 e. The van der Waals surface area contributed by atoms with Gasteiger partial charge in [0, 0.05) is 25.1 Å². The summed E-state index contributed by atoms with van der Waals surface area (Å²) >= 11 is 0. The number of ether oxygens (including phenoxy) is 1. The van der Waals surface area contributed by atoms with Crippen molar-refractivity contribution in [1.82, 2.24) is 10.2 Å². The highest BCUT2D eigenvalue weighted by Crippen LogP contribution is 2.25. The van der Waals surface area contributed by atoms with Gasteiger partial charge < -0.3 is 10.1 Å². The van der Waals surface area contributed by atoms with Crippen LogP contribution in [0, 0.1) is 0 Å². The highest BCUT2D eigenvalue weighted by molar-refractivity contribution is 5.94. The van der Waals surface area contributed by atoms with Crippen LogP contribution in [0.5, 0.6) is 5.75 Å². The Morgan fingerprint density at radius 2 is 1.77 bits per heavy atom. The van der Waals surface area contributed by atoms with Crippen LogP contribution in [0.3, 0.4) is 0 Å². The third-order valence-electron chi connectivity index (χ3n) is 5.28. The first-order chi connectivity index (χ1) is 12.8. The molecular weight excluding hydrogens is 324 g/mol. The molecule has 2 heterocycles. The summed E-state index contributed by atoms with van der Waals surface area (Å²) < 4.78 is 5.49.